The van der Waals surface area contributed by atoms with Gasteiger partial charge in [-0.25, -0.2) is 13.1 Å². The Morgan fingerprint density at radius 3 is 2.59 bits per heavy atom. The lowest BCUT2D eigenvalue weighted by Crippen LogP contribution is -2.40. The van der Waals surface area contributed by atoms with E-state index in [2.05, 4.69) is 4.72 Å². The molecule has 1 aromatic rings. The fraction of sp³-hybridized carbons (Fsp3) is 0.538. The van der Waals surface area contributed by atoms with E-state index in [0.717, 1.165) is 12.8 Å². The maximum Gasteiger partial charge on any atom is 0.289 e. The normalized spacial score (nSPS) is 13.1. The second-order valence-electron chi connectivity index (χ2n) is 5.05. The van der Waals surface area contributed by atoms with Gasteiger partial charge in [-0.05, 0) is 25.0 Å². The predicted molar refractivity (Wildman–Crippen MR) is 85.5 cm³/mol. The summed E-state index contributed by atoms with van der Waals surface area (Å²) >= 11 is 5.90. The molecule has 0 heterocycles. The molecule has 1 unspecified atom stereocenters. The first-order valence-corrected chi connectivity index (χ1v) is 8.76. The third-order valence-corrected chi connectivity index (χ3v) is 5.22. The third kappa shape index (κ3) is 4.64. The topological polar surface area (TPSA) is 115 Å². The van der Waals surface area contributed by atoms with E-state index in [1.54, 1.807) is 6.92 Å². The Hall–Kier alpha value is -1.22. The second-order valence-corrected chi connectivity index (χ2v) is 7.11. The summed E-state index contributed by atoms with van der Waals surface area (Å²) in [5.74, 6) is 0. The minimum atomic E-state index is -3.98. The second kappa shape index (κ2) is 7.87. The van der Waals surface area contributed by atoms with Crippen LogP contribution in [0.4, 0.5) is 5.69 Å². The number of halogens is 1. The van der Waals surface area contributed by atoms with Crippen LogP contribution in [0.5, 0.6) is 0 Å². The number of aryl methyl sites for hydroxylation is 1. The number of nitro benzene ring substituents is 1. The number of nitrogens with one attached hydrogen (secondary N) is 1. The highest BCUT2D eigenvalue weighted by Gasteiger charge is 2.27. The lowest BCUT2D eigenvalue weighted by atomic mass is 10.1. The minimum Gasteiger partial charge on any atom is -0.329 e. The summed E-state index contributed by atoms with van der Waals surface area (Å²) in [4.78, 5) is 9.96. The SMILES string of the molecule is CCCCC(CN)NS(=O)(=O)c1cc(C)cc([N+](=O)[O-])c1Cl. The number of nitro groups is 1. The van der Waals surface area contributed by atoms with Crippen molar-refractivity contribution in [2.75, 3.05) is 6.54 Å². The Morgan fingerprint density at radius 2 is 2.09 bits per heavy atom. The molecule has 7 nitrogen and oxygen atoms in total. The van der Waals surface area contributed by atoms with Gasteiger partial charge in [-0.1, -0.05) is 31.4 Å². The third-order valence-electron chi connectivity index (χ3n) is 3.16. The molecule has 9 heteroatoms. The molecule has 0 aliphatic carbocycles. The number of hydrogen-bond donors (Lipinski definition) is 2. The molecular weight excluding hydrogens is 330 g/mol. The fourth-order valence-electron chi connectivity index (χ4n) is 2.00. The molecule has 1 rings (SSSR count). The van der Waals surface area contributed by atoms with Crippen molar-refractivity contribution in [2.45, 2.75) is 44.0 Å². The zero-order valence-electron chi connectivity index (χ0n) is 12.5. The largest absolute Gasteiger partial charge is 0.329 e. The molecular formula is C13H20ClN3O4S. The molecule has 0 aliphatic rings. The van der Waals surface area contributed by atoms with Gasteiger partial charge in [-0.15, -0.1) is 0 Å². The average molecular weight is 350 g/mol. The quantitative estimate of drug-likeness (QED) is 0.552. The first-order chi connectivity index (χ1) is 10.2. The molecule has 0 saturated heterocycles. The Balaban J connectivity index is 3.20. The number of sulfonamides is 1. The van der Waals surface area contributed by atoms with Crippen molar-refractivity contribution in [2.24, 2.45) is 5.73 Å². The Morgan fingerprint density at radius 1 is 1.45 bits per heavy atom. The van der Waals surface area contributed by atoms with Gasteiger partial charge in [-0.2, -0.15) is 0 Å². The summed E-state index contributed by atoms with van der Waals surface area (Å²) in [7, 11) is -3.98. The van der Waals surface area contributed by atoms with Crippen LogP contribution in [-0.4, -0.2) is 25.9 Å². The molecule has 1 atom stereocenters. The lowest BCUT2D eigenvalue weighted by Gasteiger charge is -2.17. The first-order valence-electron chi connectivity index (χ1n) is 6.89. The average Bonchev–Trinajstić information content (AvgIpc) is 2.44. The van der Waals surface area contributed by atoms with Crippen molar-refractivity contribution >= 4 is 27.3 Å². The van der Waals surface area contributed by atoms with Gasteiger partial charge in [0, 0.05) is 18.7 Å². The Kier molecular flexibility index (Phi) is 6.73. The van der Waals surface area contributed by atoms with Crippen molar-refractivity contribution in [3.8, 4) is 0 Å². The van der Waals surface area contributed by atoms with E-state index >= 15 is 0 Å². The van der Waals surface area contributed by atoms with Crippen LogP contribution in [0.2, 0.25) is 5.02 Å². The summed E-state index contributed by atoms with van der Waals surface area (Å²) in [5.41, 5.74) is 5.59. The molecule has 0 saturated carbocycles. The van der Waals surface area contributed by atoms with Gasteiger partial charge in [0.1, 0.15) is 9.92 Å². The van der Waals surface area contributed by atoms with Crippen LogP contribution in [0.1, 0.15) is 31.7 Å². The molecule has 0 amide bonds. The molecule has 3 N–H and O–H groups in total. The molecule has 0 bridgehead atoms. The van der Waals surface area contributed by atoms with Gasteiger partial charge >= 0.3 is 0 Å². The lowest BCUT2D eigenvalue weighted by molar-refractivity contribution is -0.385. The van der Waals surface area contributed by atoms with Crippen LogP contribution in [-0.2, 0) is 10.0 Å². The Bertz CT molecular complexity index is 649. The summed E-state index contributed by atoms with van der Waals surface area (Å²) in [6, 6.07) is 2.12. The highest BCUT2D eigenvalue weighted by Crippen LogP contribution is 2.32. The van der Waals surface area contributed by atoms with E-state index in [1.165, 1.54) is 12.1 Å². The highest BCUT2D eigenvalue weighted by atomic mass is 35.5. The van der Waals surface area contributed by atoms with E-state index in [-0.39, 0.29) is 11.4 Å². The zero-order valence-corrected chi connectivity index (χ0v) is 14.1. The van der Waals surface area contributed by atoms with Crippen molar-refractivity contribution in [3.63, 3.8) is 0 Å². The fourth-order valence-corrected chi connectivity index (χ4v) is 3.95. The van der Waals surface area contributed by atoms with Gasteiger partial charge in [0.25, 0.3) is 5.69 Å². The maximum atomic E-state index is 12.4. The van der Waals surface area contributed by atoms with Crippen molar-refractivity contribution in [1.82, 2.24) is 4.72 Å². The van der Waals surface area contributed by atoms with Crippen molar-refractivity contribution in [3.05, 3.63) is 32.8 Å². The molecule has 1 aromatic carbocycles. The highest BCUT2D eigenvalue weighted by molar-refractivity contribution is 7.89. The summed E-state index contributed by atoms with van der Waals surface area (Å²) in [6.45, 7) is 3.70. The van der Waals surface area contributed by atoms with Crippen LogP contribution in [0, 0.1) is 17.0 Å². The minimum absolute atomic E-state index is 0.144. The van der Waals surface area contributed by atoms with Crippen LogP contribution in [0.25, 0.3) is 0 Å². The van der Waals surface area contributed by atoms with Gasteiger partial charge < -0.3 is 5.73 Å². The van der Waals surface area contributed by atoms with E-state index in [4.69, 9.17) is 17.3 Å². The number of nitrogens with zero attached hydrogens (tertiary/aromatic N) is 1. The van der Waals surface area contributed by atoms with E-state index in [0.29, 0.717) is 12.0 Å². The predicted octanol–water partition coefficient (Wildman–Crippen LogP) is 2.35. The molecule has 22 heavy (non-hydrogen) atoms. The maximum absolute atomic E-state index is 12.4. The van der Waals surface area contributed by atoms with Crippen LogP contribution < -0.4 is 10.5 Å². The summed E-state index contributed by atoms with van der Waals surface area (Å²) in [6.07, 6.45) is 2.33. The van der Waals surface area contributed by atoms with Gasteiger partial charge in [0.05, 0.1) is 4.92 Å². The van der Waals surface area contributed by atoms with Crippen molar-refractivity contribution < 1.29 is 13.3 Å². The van der Waals surface area contributed by atoms with Crippen LogP contribution >= 0.6 is 11.6 Å². The molecule has 0 aliphatic heterocycles. The summed E-state index contributed by atoms with van der Waals surface area (Å²) in [5, 5.41) is 10.6. The van der Waals surface area contributed by atoms with Gasteiger partial charge in [0.2, 0.25) is 10.0 Å². The molecule has 0 spiro atoms. The molecule has 0 radical (unpaired) electrons. The number of hydrogen-bond acceptors (Lipinski definition) is 5. The zero-order chi connectivity index (χ0) is 16.9. The smallest absolute Gasteiger partial charge is 0.289 e. The van der Waals surface area contributed by atoms with Gasteiger partial charge in [-0.3, -0.25) is 10.1 Å². The standard InChI is InChI=1S/C13H20ClN3O4S/c1-3-4-5-10(8-15)16-22(20,21)12-7-9(2)6-11(13(12)14)17(18)19/h6-7,10,16H,3-5,8,15H2,1-2H3. The van der Waals surface area contributed by atoms with E-state index in [1.807, 2.05) is 6.92 Å². The van der Waals surface area contributed by atoms with Crippen LogP contribution in [0.3, 0.4) is 0 Å². The molecule has 0 fully saturated rings. The van der Waals surface area contributed by atoms with Crippen LogP contribution in [0.15, 0.2) is 17.0 Å². The summed E-state index contributed by atoms with van der Waals surface area (Å²) < 4.78 is 27.3. The number of benzene rings is 1. The molecule has 0 aromatic heterocycles. The number of nitrogens with two attached hydrogens (primary N) is 1. The molecule has 124 valence electrons. The number of unbranched alkanes of at least 4 members (excludes halogenated alkanes) is 1. The van der Waals surface area contributed by atoms with Crippen molar-refractivity contribution in [1.29, 1.82) is 0 Å². The monoisotopic (exact) mass is 349 g/mol. The van der Waals surface area contributed by atoms with E-state index in [9.17, 15) is 18.5 Å². The Labute approximate surface area is 135 Å². The first kappa shape index (κ1) is 18.8. The van der Waals surface area contributed by atoms with Gasteiger partial charge in [0.15, 0.2) is 0 Å². The number of rotatable bonds is 8. The van der Waals surface area contributed by atoms with E-state index < -0.39 is 31.7 Å².